The van der Waals surface area contributed by atoms with Gasteiger partial charge in [0.1, 0.15) is 23.6 Å². The van der Waals surface area contributed by atoms with Crippen molar-refractivity contribution in [2.24, 2.45) is 0 Å². The maximum atomic E-state index is 14.1. The molecule has 0 aliphatic heterocycles. The Morgan fingerprint density at radius 2 is 1.88 bits per heavy atom. The number of rotatable bonds is 7. The zero-order valence-electron chi connectivity index (χ0n) is 19.4. The molecule has 2 aromatic carbocycles. The lowest BCUT2D eigenvalue weighted by atomic mass is 10.1. The number of hydrogen-bond donors (Lipinski definition) is 2. The largest absolute Gasteiger partial charge is 0.485 e. The van der Waals surface area contributed by atoms with Crippen LogP contribution in [0.2, 0.25) is 0 Å². The van der Waals surface area contributed by atoms with Crippen molar-refractivity contribution in [1.82, 2.24) is 10.2 Å². The van der Waals surface area contributed by atoms with E-state index in [1.54, 1.807) is 20.8 Å². The van der Waals surface area contributed by atoms with Crippen LogP contribution < -0.4 is 10.1 Å². The molecule has 33 heavy (non-hydrogen) atoms. The van der Waals surface area contributed by atoms with Crippen LogP contribution in [0.3, 0.4) is 0 Å². The molecule has 0 unspecified atom stereocenters. The van der Waals surface area contributed by atoms with Gasteiger partial charge in [-0.3, -0.25) is 4.90 Å². The molecule has 180 valence electrons. The third-order valence-corrected chi connectivity index (χ3v) is 5.61. The molecule has 0 spiro atoms. The average molecular weight is 463 g/mol. The molecule has 1 amide bonds. The van der Waals surface area contributed by atoms with Crippen LogP contribution in [0.25, 0.3) is 0 Å². The van der Waals surface area contributed by atoms with Crippen molar-refractivity contribution < 1.29 is 28.2 Å². The van der Waals surface area contributed by atoms with Crippen LogP contribution in [0.4, 0.5) is 13.6 Å². The van der Waals surface area contributed by atoms with Gasteiger partial charge in [0.05, 0.1) is 12.1 Å². The van der Waals surface area contributed by atoms with E-state index in [1.165, 1.54) is 6.07 Å². The van der Waals surface area contributed by atoms with Crippen molar-refractivity contribution >= 4 is 6.09 Å². The molecule has 3 rings (SSSR count). The first-order valence-electron chi connectivity index (χ1n) is 11.1. The van der Waals surface area contributed by atoms with Gasteiger partial charge in [-0.15, -0.1) is 0 Å². The molecule has 1 saturated carbocycles. The summed E-state index contributed by atoms with van der Waals surface area (Å²) in [4.78, 5) is 14.4. The number of likely N-dealkylation sites (N-methyl/N-ethyl adjacent to an activating group) is 1. The van der Waals surface area contributed by atoms with Gasteiger partial charge in [-0.05, 0) is 51.9 Å². The van der Waals surface area contributed by atoms with E-state index in [4.69, 9.17) is 9.47 Å². The highest BCUT2D eigenvalue weighted by Gasteiger charge is 2.47. The number of alkyl carbamates (subject to hydrolysis) is 1. The van der Waals surface area contributed by atoms with Gasteiger partial charge < -0.3 is 19.9 Å². The molecular formula is C25H32F2N2O4. The van der Waals surface area contributed by atoms with E-state index in [1.807, 2.05) is 42.3 Å². The standard InChI is InChI=1S/C25H32F2N2O4/c1-25(2,3)33-24(31)28-19-15-21(32-20-11-10-17(26)14-18(20)27)23(30)22(19)29(4)13-12-16-8-6-5-7-9-16/h5-11,14,19,21-23,30H,12-13,15H2,1-4H3,(H,28,31)/t19-,21-,22+,23+/m1/s1. The van der Waals surface area contributed by atoms with Crippen LogP contribution >= 0.6 is 0 Å². The minimum absolute atomic E-state index is 0.149. The fraction of sp³-hybridized carbons (Fsp3) is 0.480. The van der Waals surface area contributed by atoms with Crippen LogP contribution in [0.15, 0.2) is 48.5 Å². The summed E-state index contributed by atoms with van der Waals surface area (Å²) >= 11 is 0. The van der Waals surface area contributed by atoms with Crippen LogP contribution in [-0.4, -0.2) is 59.6 Å². The summed E-state index contributed by atoms with van der Waals surface area (Å²) in [6.07, 6.45) is -1.44. The van der Waals surface area contributed by atoms with Crippen molar-refractivity contribution in [2.75, 3.05) is 13.6 Å². The van der Waals surface area contributed by atoms with Gasteiger partial charge in [-0.2, -0.15) is 0 Å². The molecule has 2 N–H and O–H groups in total. The van der Waals surface area contributed by atoms with E-state index in [9.17, 15) is 18.7 Å². The minimum Gasteiger partial charge on any atom is -0.485 e. The summed E-state index contributed by atoms with van der Waals surface area (Å²) in [5.41, 5.74) is 0.470. The van der Waals surface area contributed by atoms with Gasteiger partial charge in [-0.25, -0.2) is 13.6 Å². The minimum atomic E-state index is -1.02. The van der Waals surface area contributed by atoms with Crippen molar-refractivity contribution in [3.8, 4) is 5.75 Å². The second kappa shape index (κ2) is 10.5. The normalized spacial score (nSPS) is 22.9. The third kappa shape index (κ3) is 6.88. The topological polar surface area (TPSA) is 71.0 Å². The molecule has 1 aliphatic rings. The van der Waals surface area contributed by atoms with E-state index in [2.05, 4.69) is 5.32 Å². The van der Waals surface area contributed by atoms with Gasteiger partial charge in [0.2, 0.25) is 0 Å². The highest BCUT2D eigenvalue weighted by atomic mass is 19.1. The lowest BCUT2D eigenvalue weighted by Gasteiger charge is -2.32. The predicted molar refractivity (Wildman–Crippen MR) is 121 cm³/mol. The number of aliphatic hydroxyl groups is 1. The summed E-state index contributed by atoms with van der Waals surface area (Å²) in [6.45, 7) is 5.92. The Labute approximate surface area is 193 Å². The van der Waals surface area contributed by atoms with Crippen molar-refractivity contribution in [2.45, 2.75) is 63.5 Å². The maximum Gasteiger partial charge on any atom is 0.407 e. The van der Waals surface area contributed by atoms with Crippen LogP contribution in [0, 0.1) is 11.6 Å². The lowest BCUT2D eigenvalue weighted by molar-refractivity contribution is 0.0120. The molecule has 2 aromatic rings. The zero-order valence-corrected chi connectivity index (χ0v) is 19.4. The number of ether oxygens (including phenoxy) is 2. The highest BCUT2D eigenvalue weighted by Crippen LogP contribution is 2.30. The fourth-order valence-corrected chi connectivity index (χ4v) is 4.11. The molecular weight excluding hydrogens is 430 g/mol. The second-order valence-corrected chi connectivity index (χ2v) is 9.42. The first-order valence-corrected chi connectivity index (χ1v) is 11.1. The summed E-state index contributed by atoms with van der Waals surface area (Å²) < 4.78 is 38.5. The molecule has 1 fully saturated rings. The Hall–Kier alpha value is -2.71. The highest BCUT2D eigenvalue weighted by molar-refractivity contribution is 5.68. The van der Waals surface area contributed by atoms with E-state index >= 15 is 0 Å². The maximum absolute atomic E-state index is 14.1. The Kier molecular flexibility index (Phi) is 7.92. The summed E-state index contributed by atoms with van der Waals surface area (Å²) in [7, 11) is 1.86. The van der Waals surface area contributed by atoms with Crippen LogP contribution in [0.5, 0.6) is 5.75 Å². The van der Waals surface area contributed by atoms with Crippen molar-refractivity contribution in [1.29, 1.82) is 0 Å². The Balaban J connectivity index is 1.75. The number of amides is 1. The molecule has 0 aromatic heterocycles. The third-order valence-electron chi connectivity index (χ3n) is 5.61. The first-order chi connectivity index (χ1) is 15.5. The SMILES string of the molecule is CN(CCc1ccccc1)[C@@H]1[C@@H](O)[C@H](Oc2ccc(F)cc2F)C[C@H]1NC(=O)OC(C)(C)C. The zero-order chi connectivity index (χ0) is 24.2. The molecule has 0 radical (unpaired) electrons. The number of benzene rings is 2. The number of aliphatic hydroxyl groups excluding tert-OH is 1. The van der Waals surface area contributed by atoms with E-state index in [0.717, 1.165) is 24.1 Å². The summed E-state index contributed by atoms with van der Waals surface area (Å²) in [5, 5.41) is 13.9. The number of hydrogen-bond acceptors (Lipinski definition) is 5. The summed E-state index contributed by atoms with van der Waals surface area (Å²) in [5.74, 6) is -1.71. The molecule has 4 atom stereocenters. The fourth-order valence-electron chi connectivity index (χ4n) is 4.11. The Morgan fingerprint density at radius 1 is 1.18 bits per heavy atom. The molecule has 0 bridgehead atoms. The second-order valence-electron chi connectivity index (χ2n) is 9.42. The van der Waals surface area contributed by atoms with Gasteiger partial charge in [0, 0.05) is 19.0 Å². The quantitative estimate of drug-likeness (QED) is 0.653. The Bertz CT molecular complexity index is 936. The average Bonchev–Trinajstić information content (AvgIpc) is 3.02. The summed E-state index contributed by atoms with van der Waals surface area (Å²) in [6, 6.07) is 12.0. The number of nitrogens with one attached hydrogen (secondary N) is 1. The van der Waals surface area contributed by atoms with Crippen molar-refractivity contribution in [3.05, 3.63) is 65.7 Å². The van der Waals surface area contributed by atoms with Gasteiger partial charge >= 0.3 is 6.09 Å². The van der Waals surface area contributed by atoms with Gasteiger partial charge in [0.15, 0.2) is 11.6 Å². The molecule has 1 aliphatic carbocycles. The smallest absolute Gasteiger partial charge is 0.407 e. The molecule has 6 nitrogen and oxygen atoms in total. The number of halogens is 2. The number of carbonyl (C=O) groups excluding carboxylic acids is 1. The number of nitrogens with zero attached hydrogens (tertiary/aromatic N) is 1. The van der Waals surface area contributed by atoms with Gasteiger partial charge in [-0.1, -0.05) is 30.3 Å². The van der Waals surface area contributed by atoms with E-state index in [-0.39, 0.29) is 12.2 Å². The molecule has 0 heterocycles. The first kappa shape index (κ1) is 24.9. The Morgan fingerprint density at radius 3 is 2.52 bits per heavy atom. The predicted octanol–water partition coefficient (Wildman–Crippen LogP) is 3.91. The molecule has 8 heteroatoms. The van der Waals surface area contributed by atoms with Crippen LogP contribution in [0.1, 0.15) is 32.8 Å². The van der Waals surface area contributed by atoms with Gasteiger partial charge in [0.25, 0.3) is 0 Å². The van der Waals surface area contributed by atoms with E-state index in [0.29, 0.717) is 6.54 Å². The molecule has 0 saturated heterocycles. The van der Waals surface area contributed by atoms with E-state index < -0.39 is 47.6 Å². The van der Waals surface area contributed by atoms with Crippen molar-refractivity contribution in [3.63, 3.8) is 0 Å². The lowest BCUT2D eigenvalue weighted by Crippen LogP contribution is -2.53. The number of carbonyl (C=O) groups is 1. The van der Waals surface area contributed by atoms with Crippen LogP contribution in [-0.2, 0) is 11.2 Å². The monoisotopic (exact) mass is 462 g/mol.